The van der Waals surface area contributed by atoms with Crippen LogP contribution in [0.1, 0.15) is 42.5 Å². The van der Waals surface area contributed by atoms with E-state index in [-0.39, 0.29) is 22.3 Å². The van der Waals surface area contributed by atoms with Gasteiger partial charge in [-0.2, -0.15) is 0 Å². The van der Waals surface area contributed by atoms with E-state index >= 15 is 0 Å². The van der Waals surface area contributed by atoms with Gasteiger partial charge in [0.05, 0.1) is 0 Å². The summed E-state index contributed by atoms with van der Waals surface area (Å²) in [5.41, 5.74) is 0. The minimum atomic E-state index is 0. The van der Waals surface area contributed by atoms with Crippen LogP contribution in [0.5, 0.6) is 0 Å². The van der Waals surface area contributed by atoms with Crippen molar-refractivity contribution in [2.45, 2.75) is 47.9 Å². The molecule has 0 rings (SSSR count). The summed E-state index contributed by atoms with van der Waals surface area (Å²) in [6.45, 7) is 4.05. The fourth-order valence-electron chi connectivity index (χ4n) is 0. The van der Waals surface area contributed by atoms with Gasteiger partial charge in [0.25, 0.3) is 0 Å². The molecular formula is C7H21Cl. The molecule has 0 saturated heterocycles. The van der Waals surface area contributed by atoms with Crippen molar-refractivity contribution < 1.29 is 0 Å². The van der Waals surface area contributed by atoms with Gasteiger partial charge in [0, 0.05) is 5.38 Å². The van der Waals surface area contributed by atoms with Gasteiger partial charge in [-0.3, -0.25) is 0 Å². The maximum absolute atomic E-state index is 5.46. The lowest BCUT2D eigenvalue weighted by molar-refractivity contribution is 0.895. The molecule has 0 radical (unpaired) electrons. The molecule has 0 spiro atoms. The van der Waals surface area contributed by atoms with Crippen molar-refractivity contribution in [3.05, 3.63) is 0 Å². The van der Waals surface area contributed by atoms with E-state index in [0.29, 0.717) is 5.38 Å². The predicted molar refractivity (Wildman–Crippen MR) is 45.8 cm³/mol. The molecule has 0 amide bonds. The standard InChI is InChI=1S/C4H9Cl.3CH4/c1-3-4(2)5;;;/h4H,3H2,1-2H3;3*1H4. The molecule has 0 aromatic rings. The Morgan fingerprint density at radius 3 is 1.38 bits per heavy atom. The monoisotopic (exact) mass is 140 g/mol. The van der Waals surface area contributed by atoms with Crippen LogP contribution in [-0.4, -0.2) is 5.38 Å². The molecule has 56 valence electrons. The van der Waals surface area contributed by atoms with Gasteiger partial charge in [0.1, 0.15) is 0 Å². The lowest BCUT2D eigenvalue weighted by Crippen LogP contribution is -1.81. The number of hydrogen-bond donors (Lipinski definition) is 0. The summed E-state index contributed by atoms with van der Waals surface area (Å²) in [5, 5.41) is 0.356. The van der Waals surface area contributed by atoms with Crippen LogP contribution in [0.4, 0.5) is 0 Å². The van der Waals surface area contributed by atoms with Crippen LogP contribution in [0.15, 0.2) is 0 Å². The van der Waals surface area contributed by atoms with E-state index in [0.717, 1.165) is 6.42 Å². The van der Waals surface area contributed by atoms with Crippen LogP contribution in [0.3, 0.4) is 0 Å². The summed E-state index contributed by atoms with van der Waals surface area (Å²) in [5.74, 6) is 0. The first-order valence-electron chi connectivity index (χ1n) is 1.91. The average molecular weight is 141 g/mol. The molecular weight excluding hydrogens is 120 g/mol. The van der Waals surface area contributed by atoms with E-state index in [2.05, 4.69) is 6.92 Å². The second-order valence-electron chi connectivity index (χ2n) is 1.19. The summed E-state index contributed by atoms with van der Waals surface area (Å²) in [7, 11) is 0. The SMILES string of the molecule is C.C.C.CCC(C)Cl. The highest BCUT2D eigenvalue weighted by atomic mass is 35.5. The van der Waals surface area contributed by atoms with Crippen LogP contribution >= 0.6 is 11.6 Å². The highest BCUT2D eigenvalue weighted by molar-refractivity contribution is 6.20. The Hall–Kier alpha value is 0.290. The Morgan fingerprint density at radius 1 is 1.25 bits per heavy atom. The molecule has 0 aliphatic heterocycles. The third-order valence-electron chi connectivity index (χ3n) is 0.563. The molecule has 0 nitrogen and oxygen atoms in total. The van der Waals surface area contributed by atoms with Gasteiger partial charge >= 0.3 is 0 Å². The normalized spacial score (nSPS) is 9.38. The molecule has 0 aromatic carbocycles. The number of rotatable bonds is 1. The first-order valence-corrected chi connectivity index (χ1v) is 2.35. The van der Waals surface area contributed by atoms with Gasteiger partial charge < -0.3 is 0 Å². The first kappa shape index (κ1) is 23.9. The summed E-state index contributed by atoms with van der Waals surface area (Å²) < 4.78 is 0. The summed E-state index contributed by atoms with van der Waals surface area (Å²) in [6.07, 6.45) is 1.07. The largest absolute Gasteiger partial charge is 0.123 e. The number of halogens is 1. The van der Waals surface area contributed by atoms with Gasteiger partial charge in [-0.25, -0.2) is 0 Å². The number of alkyl halides is 1. The highest BCUT2D eigenvalue weighted by Crippen LogP contribution is 1.95. The van der Waals surface area contributed by atoms with Gasteiger partial charge in [0.2, 0.25) is 0 Å². The van der Waals surface area contributed by atoms with Crippen molar-refractivity contribution in [3.63, 3.8) is 0 Å². The molecule has 0 saturated carbocycles. The zero-order valence-corrected chi connectivity index (χ0v) is 4.42. The van der Waals surface area contributed by atoms with Crippen LogP contribution in [-0.2, 0) is 0 Å². The topological polar surface area (TPSA) is 0 Å². The molecule has 8 heavy (non-hydrogen) atoms. The van der Waals surface area contributed by atoms with E-state index in [9.17, 15) is 0 Å². The van der Waals surface area contributed by atoms with Crippen molar-refractivity contribution in [2.24, 2.45) is 0 Å². The molecule has 0 aliphatic rings. The maximum Gasteiger partial charge on any atom is 0.0305 e. The third-order valence-corrected chi connectivity index (χ3v) is 0.871. The second-order valence-corrected chi connectivity index (χ2v) is 1.93. The molecule has 1 heteroatoms. The van der Waals surface area contributed by atoms with Crippen molar-refractivity contribution in [1.82, 2.24) is 0 Å². The molecule has 1 atom stereocenters. The summed E-state index contributed by atoms with van der Waals surface area (Å²) >= 11 is 5.46. The highest BCUT2D eigenvalue weighted by Gasteiger charge is 1.83. The molecule has 0 N–H and O–H groups in total. The zero-order valence-electron chi connectivity index (χ0n) is 3.66. The Morgan fingerprint density at radius 2 is 1.38 bits per heavy atom. The van der Waals surface area contributed by atoms with E-state index < -0.39 is 0 Å². The minimum absolute atomic E-state index is 0. The van der Waals surface area contributed by atoms with E-state index in [1.54, 1.807) is 0 Å². The Balaban J connectivity index is -0.0000000267. The summed E-state index contributed by atoms with van der Waals surface area (Å²) in [6, 6.07) is 0. The molecule has 0 fully saturated rings. The first-order chi connectivity index (χ1) is 2.27. The number of hydrogen-bond acceptors (Lipinski definition) is 0. The molecule has 0 aliphatic carbocycles. The lowest BCUT2D eigenvalue weighted by atomic mass is 10.4. The Kier molecular flexibility index (Phi) is 46.9. The van der Waals surface area contributed by atoms with Crippen LogP contribution in [0, 0.1) is 0 Å². The fraction of sp³-hybridized carbons (Fsp3) is 1.00. The van der Waals surface area contributed by atoms with Gasteiger partial charge in [0.15, 0.2) is 0 Å². The van der Waals surface area contributed by atoms with Crippen molar-refractivity contribution in [3.8, 4) is 0 Å². The molecule has 1 unspecified atom stereocenters. The molecule has 0 bridgehead atoms. The van der Waals surface area contributed by atoms with Crippen molar-refractivity contribution >= 4 is 11.6 Å². The second kappa shape index (κ2) is 15.7. The van der Waals surface area contributed by atoms with Crippen LogP contribution < -0.4 is 0 Å². The van der Waals surface area contributed by atoms with Crippen LogP contribution in [0.25, 0.3) is 0 Å². The van der Waals surface area contributed by atoms with Gasteiger partial charge in [-0.05, 0) is 13.3 Å². The smallest absolute Gasteiger partial charge is 0.0305 e. The minimum Gasteiger partial charge on any atom is -0.123 e. The summed E-state index contributed by atoms with van der Waals surface area (Å²) in [4.78, 5) is 0. The maximum atomic E-state index is 5.46. The zero-order chi connectivity index (χ0) is 4.28. The molecule has 0 aromatic heterocycles. The predicted octanol–water partition coefficient (Wildman–Crippen LogP) is 3.93. The Labute approximate surface area is 60.2 Å². The van der Waals surface area contributed by atoms with Crippen LogP contribution in [0.2, 0.25) is 0 Å². The quantitative estimate of drug-likeness (QED) is 0.485. The van der Waals surface area contributed by atoms with E-state index in [1.807, 2.05) is 6.92 Å². The van der Waals surface area contributed by atoms with E-state index in [4.69, 9.17) is 11.6 Å². The van der Waals surface area contributed by atoms with E-state index in [1.165, 1.54) is 0 Å². The van der Waals surface area contributed by atoms with Crippen molar-refractivity contribution in [2.75, 3.05) is 0 Å². The van der Waals surface area contributed by atoms with Crippen molar-refractivity contribution in [1.29, 1.82) is 0 Å². The average Bonchev–Trinajstić information content (AvgIpc) is 1.38. The third kappa shape index (κ3) is 33.6. The van der Waals surface area contributed by atoms with Gasteiger partial charge in [-0.15, -0.1) is 11.6 Å². The van der Waals surface area contributed by atoms with Gasteiger partial charge in [-0.1, -0.05) is 29.2 Å². The molecule has 0 heterocycles. The Bertz CT molecular complexity index is 18.3. The fourth-order valence-corrected chi connectivity index (χ4v) is 0. The lowest BCUT2D eigenvalue weighted by Gasteiger charge is -1.87.